The van der Waals surface area contributed by atoms with Crippen LogP contribution in [-0.2, 0) is 13.1 Å². The minimum atomic E-state index is -0.208. The van der Waals surface area contributed by atoms with Crippen LogP contribution in [-0.4, -0.2) is 35.0 Å². The molecule has 0 aliphatic carbocycles. The predicted octanol–water partition coefficient (Wildman–Crippen LogP) is 5.39. The van der Waals surface area contributed by atoms with E-state index in [-0.39, 0.29) is 18.0 Å². The van der Waals surface area contributed by atoms with Crippen LogP contribution in [0.15, 0.2) is 72.1 Å². The van der Waals surface area contributed by atoms with Gasteiger partial charge in [-0.05, 0) is 60.9 Å². The lowest BCUT2D eigenvalue weighted by atomic mass is 9.81. The summed E-state index contributed by atoms with van der Waals surface area (Å²) in [5, 5.41) is 11.0. The molecule has 182 valence electrons. The number of amides is 3. The minimum Gasteiger partial charge on any atom is -0.347 e. The van der Waals surface area contributed by atoms with Crippen LogP contribution in [0.4, 0.5) is 10.5 Å². The topological polar surface area (TPSA) is 73.5 Å². The number of piperidine rings is 2. The molecule has 1 aromatic heterocycles. The molecule has 0 spiro atoms. The van der Waals surface area contributed by atoms with Gasteiger partial charge in [0.05, 0.1) is 6.54 Å². The average Bonchev–Trinajstić information content (AvgIpc) is 3.37. The molecule has 0 saturated carbocycles. The molecular formula is C28H32N4O2S. The number of urea groups is 1. The molecule has 2 unspecified atom stereocenters. The number of nitrogens with one attached hydrogen (secondary N) is 3. The number of rotatable bonds is 7. The number of fused-ring (bicyclic) bond motifs is 2. The zero-order chi connectivity index (χ0) is 24.0. The molecule has 2 bridgehead atoms. The van der Waals surface area contributed by atoms with Crippen LogP contribution in [0.1, 0.15) is 52.9 Å². The quantitative estimate of drug-likeness (QED) is 0.418. The highest BCUT2D eigenvalue weighted by atomic mass is 32.1. The van der Waals surface area contributed by atoms with Gasteiger partial charge in [-0.25, -0.2) is 4.79 Å². The third-order valence-electron chi connectivity index (χ3n) is 7.06. The summed E-state index contributed by atoms with van der Waals surface area (Å²) in [6.07, 6.45) is 5.59. The summed E-state index contributed by atoms with van der Waals surface area (Å²) in [7, 11) is 0. The Morgan fingerprint density at radius 1 is 0.943 bits per heavy atom. The Labute approximate surface area is 210 Å². The zero-order valence-electron chi connectivity index (χ0n) is 19.8. The Hall–Kier alpha value is -3.16. The lowest BCUT2D eigenvalue weighted by molar-refractivity contribution is 0.0200. The second-order valence-electron chi connectivity index (χ2n) is 9.51. The van der Waals surface area contributed by atoms with E-state index in [2.05, 4.69) is 51.2 Å². The average molecular weight is 489 g/mol. The van der Waals surface area contributed by atoms with E-state index < -0.39 is 0 Å². The fourth-order valence-corrected chi connectivity index (χ4v) is 6.07. The van der Waals surface area contributed by atoms with E-state index in [0.29, 0.717) is 29.9 Å². The van der Waals surface area contributed by atoms with Crippen molar-refractivity contribution in [3.8, 4) is 0 Å². The van der Waals surface area contributed by atoms with Crippen molar-refractivity contribution in [2.24, 2.45) is 0 Å². The van der Waals surface area contributed by atoms with Gasteiger partial charge in [-0.15, -0.1) is 11.3 Å². The number of benzene rings is 2. The van der Waals surface area contributed by atoms with Crippen molar-refractivity contribution >= 4 is 29.0 Å². The molecule has 2 aliphatic heterocycles. The van der Waals surface area contributed by atoms with Gasteiger partial charge in [-0.1, -0.05) is 48.9 Å². The summed E-state index contributed by atoms with van der Waals surface area (Å²) in [6, 6.07) is 22.7. The fourth-order valence-electron chi connectivity index (χ4n) is 5.42. The monoisotopic (exact) mass is 488 g/mol. The first kappa shape index (κ1) is 23.6. The van der Waals surface area contributed by atoms with E-state index >= 15 is 0 Å². The smallest absolute Gasteiger partial charge is 0.319 e. The van der Waals surface area contributed by atoms with Crippen LogP contribution in [0.2, 0.25) is 0 Å². The largest absolute Gasteiger partial charge is 0.347 e. The Balaban J connectivity index is 1.14. The molecule has 2 saturated heterocycles. The van der Waals surface area contributed by atoms with E-state index in [1.165, 1.54) is 24.8 Å². The van der Waals surface area contributed by atoms with E-state index in [1.54, 1.807) is 29.5 Å². The third kappa shape index (κ3) is 6.10. The maximum atomic E-state index is 12.8. The first-order valence-corrected chi connectivity index (χ1v) is 13.3. The standard InChI is InChI=1S/C28H32N4O2S/c33-27(29-18-26-13-6-14-35-26)21-9-4-10-22(15-21)30-28(34)31-23-16-24-11-5-12-25(17-23)32(24)19-20-7-2-1-3-8-20/h1-4,6-10,13-15,23-25H,5,11-12,16-19H2,(H,29,33)(H2,30,31,34). The van der Waals surface area contributed by atoms with Crippen molar-refractivity contribution in [2.45, 2.75) is 63.3 Å². The highest BCUT2D eigenvalue weighted by molar-refractivity contribution is 7.09. The van der Waals surface area contributed by atoms with E-state index in [4.69, 9.17) is 0 Å². The molecule has 0 radical (unpaired) electrons. The molecule has 3 N–H and O–H groups in total. The summed E-state index contributed by atoms with van der Waals surface area (Å²) >= 11 is 1.61. The molecule has 2 aromatic carbocycles. The summed E-state index contributed by atoms with van der Waals surface area (Å²) in [5.74, 6) is -0.152. The van der Waals surface area contributed by atoms with Crippen LogP contribution in [0.25, 0.3) is 0 Å². The molecule has 3 amide bonds. The molecule has 2 aliphatic rings. The van der Waals surface area contributed by atoms with Gasteiger partial charge in [0.25, 0.3) is 5.91 Å². The van der Waals surface area contributed by atoms with Gasteiger partial charge >= 0.3 is 6.03 Å². The molecule has 7 heteroatoms. The van der Waals surface area contributed by atoms with Gasteiger partial charge < -0.3 is 16.0 Å². The summed E-state index contributed by atoms with van der Waals surface area (Å²) in [4.78, 5) is 29.1. The Bertz CT molecular complexity index is 1120. The molecule has 3 heterocycles. The lowest BCUT2D eigenvalue weighted by Crippen LogP contribution is -2.56. The molecule has 3 aromatic rings. The third-order valence-corrected chi connectivity index (χ3v) is 7.93. The van der Waals surface area contributed by atoms with E-state index in [0.717, 1.165) is 24.3 Å². The predicted molar refractivity (Wildman–Crippen MR) is 141 cm³/mol. The molecule has 2 atom stereocenters. The number of carbonyl (C=O) groups is 2. The minimum absolute atomic E-state index is 0.152. The van der Waals surface area contributed by atoms with Crippen molar-refractivity contribution in [1.82, 2.24) is 15.5 Å². The van der Waals surface area contributed by atoms with Gasteiger partial charge in [0.1, 0.15) is 0 Å². The van der Waals surface area contributed by atoms with Crippen LogP contribution in [0.5, 0.6) is 0 Å². The number of carbonyl (C=O) groups excluding carboxylic acids is 2. The normalized spacial score (nSPS) is 21.8. The van der Waals surface area contributed by atoms with E-state index in [9.17, 15) is 9.59 Å². The number of thiophene rings is 1. The van der Waals surface area contributed by atoms with Crippen LogP contribution >= 0.6 is 11.3 Å². The molecule has 35 heavy (non-hydrogen) atoms. The fraction of sp³-hybridized carbons (Fsp3) is 0.357. The number of hydrogen-bond donors (Lipinski definition) is 3. The zero-order valence-corrected chi connectivity index (χ0v) is 20.6. The number of anilines is 1. The second kappa shape index (κ2) is 11.1. The molecule has 6 nitrogen and oxygen atoms in total. The Morgan fingerprint density at radius 2 is 1.74 bits per heavy atom. The maximum absolute atomic E-state index is 12.8. The van der Waals surface area contributed by atoms with Crippen molar-refractivity contribution in [3.63, 3.8) is 0 Å². The van der Waals surface area contributed by atoms with Crippen LogP contribution < -0.4 is 16.0 Å². The van der Waals surface area contributed by atoms with E-state index in [1.807, 2.05) is 23.6 Å². The summed E-state index contributed by atoms with van der Waals surface area (Å²) in [5.41, 5.74) is 2.50. The lowest BCUT2D eigenvalue weighted by Gasteiger charge is -2.49. The van der Waals surface area contributed by atoms with Crippen molar-refractivity contribution < 1.29 is 9.59 Å². The Kier molecular flexibility index (Phi) is 7.45. The summed E-state index contributed by atoms with van der Waals surface area (Å²) < 4.78 is 0. The van der Waals surface area contributed by atoms with Gasteiger partial charge in [-0.3, -0.25) is 9.69 Å². The SMILES string of the molecule is O=C(Nc1cccc(C(=O)NCc2cccs2)c1)NC1CC2CCCC(C1)N2Cc1ccccc1. The van der Waals surface area contributed by atoms with Gasteiger partial charge in [0.15, 0.2) is 0 Å². The first-order valence-electron chi connectivity index (χ1n) is 12.4. The van der Waals surface area contributed by atoms with Gasteiger partial charge in [-0.2, -0.15) is 0 Å². The van der Waals surface area contributed by atoms with Crippen molar-refractivity contribution in [3.05, 3.63) is 88.1 Å². The molecule has 5 rings (SSSR count). The Morgan fingerprint density at radius 3 is 2.49 bits per heavy atom. The highest BCUT2D eigenvalue weighted by Gasteiger charge is 2.38. The van der Waals surface area contributed by atoms with Gasteiger partial charge in [0.2, 0.25) is 0 Å². The highest BCUT2D eigenvalue weighted by Crippen LogP contribution is 2.35. The number of hydrogen-bond acceptors (Lipinski definition) is 4. The number of nitrogens with zero attached hydrogens (tertiary/aromatic N) is 1. The molecule has 2 fully saturated rings. The van der Waals surface area contributed by atoms with Gasteiger partial charge in [0, 0.05) is 40.8 Å². The second-order valence-corrected chi connectivity index (χ2v) is 10.5. The van der Waals surface area contributed by atoms with Crippen LogP contribution in [0.3, 0.4) is 0 Å². The van der Waals surface area contributed by atoms with Crippen molar-refractivity contribution in [1.29, 1.82) is 0 Å². The molecular weight excluding hydrogens is 456 g/mol. The first-order chi connectivity index (χ1) is 17.1. The van der Waals surface area contributed by atoms with Crippen molar-refractivity contribution in [2.75, 3.05) is 5.32 Å². The summed E-state index contributed by atoms with van der Waals surface area (Å²) in [6.45, 7) is 1.48. The van der Waals surface area contributed by atoms with Crippen LogP contribution in [0, 0.1) is 0 Å². The maximum Gasteiger partial charge on any atom is 0.319 e.